The minimum absolute atomic E-state index is 0.362. The molecule has 4 N–H and O–H groups in total. The summed E-state index contributed by atoms with van der Waals surface area (Å²) in [6.07, 6.45) is 1.70. The predicted octanol–water partition coefficient (Wildman–Crippen LogP) is 5.64. The number of nitrogens with zero attached hydrogens (tertiary/aromatic N) is 1. The lowest BCUT2D eigenvalue weighted by molar-refractivity contribution is 0.262. The molecule has 0 saturated heterocycles. The smallest absolute Gasteiger partial charge is 0.323 e. The number of benzene rings is 2. The first kappa shape index (κ1) is 17.9. The molecule has 0 fully saturated rings. The van der Waals surface area contributed by atoms with Crippen LogP contribution in [0.15, 0.2) is 60.1 Å². The number of anilines is 3. The number of nitrogens with one attached hydrogen (secondary N) is 2. The van der Waals surface area contributed by atoms with Crippen molar-refractivity contribution in [1.82, 2.24) is 4.98 Å². The van der Waals surface area contributed by atoms with Gasteiger partial charge in [0.2, 0.25) is 0 Å². The fraction of sp³-hybridized carbons (Fsp3) is 0.0476. The first-order valence-electron chi connectivity index (χ1n) is 8.57. The van der Waals surface area contributed by atoms with Crippen LogP contribution in [0.4, 0.5) is 26.4 Å². The number of hydrogen-bond donors (Lipinski definition) is 3. The summed E-state index contributed by atoms with van der Waals surface area (Å²) < 4.78 is 14.7. The molecule has 2 aromatic heterocycles. The monoisotopic (exact) mass is 392 g/mol. The van der Waals surface area contributed by atoms with Gasteiger partial charge in [0, 0.05) is 33.2 Å². The van der Waals surface area contributed by atoms with Crippen LogP contribution in [0.3, 0.4) is 0 Å². The van der Waals surface area contributed by atoms with E-state index in [9.17, 15) is 9.18 Å². The van der Waals surface area contributed by atoms with E-state index < -0.39 is 6.03 Å². The average Bonchev–Trinajstić information content (AvgIpc) is 3.11. The van der Waals surface area contributed by atoms with Crippen LogP contribution in [0.2, 0.25) is 0 Å². The van der Waals surface area contributed by atoms with Gasteiger partial charge in [0.15, 0.2) is 0 Å². The molecule has 0 bridgehead atoms. The molecule has 0 aliphatic heterocycles. The fourth-order valence-electron chi connectivity index (χ4n) is 2.92. The third-order valence-corrected chi connectivity index (χ3v) is 5.35. The zero-order valence-electron chi connectivity index (χ0n) is 15.0. The minimum Gasteiger partial charge on any atom is -0.383 e. The molecule has 140 valence electrons. The Bertz CT molecular complexity index is 1170. The van der Waals surface area contributed by atoms with Gasteiger partial charge in [0.05, 0.1) is 0 Å². The van der Waals surface area contributed by atoms with Gasteiger partial charge in [0.25, 0.3) is 0 Å². The first-order valence-corrected chi connectivity index (χ1v) is 9.45. The van der Waals surface area contributed by atoms with Crippen molar-refractivity contribution >= 4 is 44.6 Å². The lowest BCUT2D eigenvalue weighted by Gasteiger charge is -2.09. The summed E-state index contributed by atoms with van der Waals surface area (Å²) in [4.78, 5) is 16.3. The molecule has 0 atom stereocenters. The second-order valence-corrected chi connectivity index (χ2v) is 7.25. The molecule has 7 heteroatoms. The SMILES string of the molecule is Cc1ccc(NC(=O)Nc2ccc(-c3csc4ccnc(N)c34)cc2)cc1F. The van der Waals surface area contributed by atoms with E-state index in [-0.39, 0.29) is 5.82 Å². The number of nitrogens with two attached hydrogens (primary N) is 1. The van der Waals surface area contributed by atoms with Crippen molar-refractivity contribution in [2.45, 2.75) is 6.92 Å². The van der Waals surface area contributed by atoms with Gasteiger partial charge in [-0.15, -0.1) is 11.3 Å². The van der Waals surface area contributed by atoms with Crippen molar-refractivity contribution in [3.8, 4) is 11.1 Å². The van der Waals surface area contributed by atoms with Crippen LogP contribution < -0.4 is 16.4 Å². The van der Waals surface area contributed by atoms with Crippen molar-refractivity contribution in [2.24, 2.45) is 0 Å². The van der Waals surface area contributed by atoms with Gasteiger partial charge in [-0.25, -0.2) is 14.2 Å². The van der Waals surface area contributed by atoms with E-state index in [1.807, 2.05) is 23.6 Å². The van der Waals surface area contributed by atoms with Gasteiger partial charge in [0.1, 0.15) is 11.6 Å². The second-order valence-electron chi connectivity index (χ2n) is 6.34. The fourth-order valence-corrected chi connectivity index (χ4v) is 3.89. The van der Waals surface area contributed by atoms with Crippen LogP contribution in [0.1, 0.15) is 5.56 Å². The van der Waals surface area contributed by atoms with Crippen molar-refractivity contribution in [1.29, 1.82) is 0 Å². The zero-order chi connectivity index (χ0) is 19.7. The van der Waals surface area contributed by atoms with Crippen LogP contribution >= 0.6 is 11.3 Å². The van der Waals surface area contributed by atoms with Crippen LogP contribution in [-0.4, -0.2) is 11.0 Å². The summed E-state index contributed by atoms with van der Waals surface area (Å²) >= 11 is 1.61. The molecule has 4 rings (SSSR count). The molecule has 4 aromatic rings. The van der Waals surface area contributed by atoms with Crippen molar-refractivity contribution in [3.05, 3.63) is 71.5 Å². The third kappa shape index (κ3) is 3.52. The van der Waals surface area contributed by atoms with Gasteiger partial charge in [-0.2, -0.15) is 0 Å². The summed E-state index contributed by atoms with van der Waals surface area (Å²) in [7, 11) is 0. The topological polar surface area (TPSA) is 80.0 Å². The highest BCUT2D eigenvalue weighted by molar-refractivity contribution is 7.17. The molecule has 28 heavy (non-hydrogen) atoms. The van der Waals surface area contributed by atoms with E-state index in [2.05, 4.69) is 15.6 Å². The molecule has 0 saturated carbocycles. The standard InChI is InChI=1S/C21H17FN4OS/c1-12-2-5-15(10-17(12)22)26-21(27)25-14-6-3-13(4-7-14)16-11-28-18-8-9-24-20(23)19(16)18/h2-11H,1H3,(H2,23,24)(H2,25,26,27). The van der Waals surface area contributed by atoms with E-state index in [1.54, 1.807) is 48.7 Å². The highest BCUT2D eigenvalue weighted by Crippen LogP contribution is 2.36. The van der Waals surface area contributed by atoms with E-state index in [0.717, 1.165) is 21.2 Å². The van der Waals surface area contributed by atoms with Gasteiger partial charge < -0.3 is 16.4 Å². The predicted molar refractivity (Wildman–Crippen MR) is 113 cm³/mol. The number of aromatic nitrogens is 1. The number of urea groups is 1. The van der Waals surface area contributed by atoms with Crippen LogP contribution in [0.25, 0.3) is 21.2 Å². The number of thiophene rings is 1. The molecular formula is C21H17FN4OS. The second kappa shape index (κ2) is 7.28. The number of aryl methyl sites for hydroxylation is 1. The molecule has 0 spiro atoms. The Morgan fingerprint density at radius 2 is 1.79 bits per heavy atom. The highest BCUT2D eigenvalue weighted by Gasteiger charge is 2.11. The Kier molecular flexibility index (Phi) is 4.67. The molecule has 0 unspecified atom stereocenters. The average molecular weight is 392 g/mol. The Hall–Kier alpha value is -3.45. The van der Waals surface area contributed by atoms with Crippen LogP contribution in [0, 0.1) is 12.7 Å². The number of hydrogen-bond acceptors (Lipinski definition) is 4. The van der Waals surface area contributed by atoms with Crippen molar-refractivity contribution in [3.63, 3.8) is 0 Å². The van der Waals surface area contributed by atoms with Gasteiger partial charge in [-0.3, -0.25) is 0 Å². The molecule has 2 aromatic carbocycles. The van der Waals surface area contributed by atoms with E-state index in [4.69, 9.17) is 5.73 Å². The maximum Gasteiger partial charge on any atom is 0.323 e. The Balaban J connectivity index is 1.50. The first-order chi connectivity index (χ1) is 13.5. The van der Waals surface area contributed by atoms with E-state index in [0.29, 0.717) is 22.8 Å². The largest absolute Gasteiger partial charge is 0.383 e. The minimum atomic E-state index is -0.439. The van der Waals surface area contributed by atoms with Gasteiger partial charge in [-0.1, -0.05) is 18.2 Å². The molecule has 5 nitrogen and oxygen atoms in total. The maximum atomic E-state index is 13.6. The van der Waals surface area contributed by atoms with E-state index >= 15 is 0 Å². The summed E-state index contributed by atoms with van der Waals surface area (Å²) in [6, 6.07) is 13.5. The molecular weight excluding hydrogens is 375 g/mol. The van der Waals surface area contributed by atoms with Gasteiger partial charge >= 0.3 is 6.03 Å². The van der Waals surface area contributed by atoms with Crippen LogP contribution in [-0.2, 0) is 0 Å². The highest BCUT2D eigenvalue weighted by atomic mass is 32.1. The Morgan fingerprint density at radius 3 is 2.54 bits per heavy atom. The molecule has 0 radical (unpaired) electrons. The summed E-state index contributed by atoms with van der Waals surface area (Å²) in [5.41, 5.74) is 9.57. The molecule has 0 aliphatic rings. The van der Waals surface area contributed by atoms with Crippen LogP contribution in [0.5, 0.6) is 0 Å². The van der Waals surface area contributed by atoms with Crippen molar-refractivity contribution in [2.75, 3.05) is 16.4 Å². The lowest BCUT2D eigenvalue weighted by atomic mass is 10.1. The number of carbonyl (C=O) groups excluding carboxylic acids is 1. The summed E-state index contributed by atoms with van der Waals surface area (Å²) in [6.45, 7) is 1.67. The van der Waals surface area contributed by atoms with E-state index in [1.165, 1.54) is 6.07 Å². The number of rotatable bonds is 3. The summed E-state index contributed by atoms with van der Waals surface area (Å²) in [5, 5.41) is 8.34. The number of nitrogen functional groups attached to an aromatic ring is 1. The van der Waals surface area contributed by atoms with Gasteiger partial charge in [-0.05, 0) is 53.8 Å². The number of halogens is 1. The third-order valence-electron chi connectivity index (χ3n) is 4.40. The molecule has 0 aliphatic carbocycles. The lowest BCUT2D eigenvalue weighted by Crippen LogP contribution is -2.19. The molecule has 2 heterocycles. The number of pyridine rings is 1. The Morgan fingerprint density at radius 1 is 1.07 bits per heavy atom. The quantitative estimate of drug-likeness (QED) is 0.422. The maximum absolute atomic E-state index is 13.6. The Labute approximate surface area is 165 Å². The number of amides is 2. The van der Waals surface area contributed by atoms with Crippen molar-refractivity contribution < 1.29 is 9.18 Å². The number of carbonyl (C=O) groups is 1. The number of fused-ring (bicyclic) bond motifs is 1. The zero-order valence-corrected chi connectivity index (χ0v) is 15.8. The summed E-state index contributed by atoms with van der Waals surface area (Å²) in [5.74, 6) is 0.138. The normalized spacial score (nSPS) is 10.8. The molecule has 2 amide bonds.